The van der Waals surface area contributed by atoms with Crippen LogP contribution in [-0.2, 0) is 13.5 Å². The fraction of sp³-hybridized carbons (Fsp3) is 0.214. The molecule has 3 heteroatoms. The largest absolute Gasteiger partial charge is 0.307 e. The Morgan fingerprint density at radius 3 is 2.61 bits per heavy atom. The number of benzene rings is 3. The molecule has 3 aromatic heterocycles. The van der Waals surface area contributed by atoms with Crippen molar-refractivity contribution in [3.8, 4) is 6.07 Å². The van der Waals surface area contributed by atoms with E-state index in [1.54, 1.807) is 0 Å². The van der Waals surface area contributed by atoms with Crippen LogP contribution in [0.4, 0.5) is 0 Å². The number of aryl methyl sites for hydroxylation is 2. The van der Waals surface area contributed by atoms with Crippen molar-refractivity contribution < 1.29 is 4.57 Å². The maximum Gasteiger partial charge on any atom is 0.224 e. The van der Waals surface area contributed by atoms with Crippen LogP contribution in [0.2, 0.25) is 0 Å². The molecular formula is C28H24N3+. The second-order valence-corrected chi connectivity index (χ2v) is 9.25. The van der Waals surface area contributed by atoms with E-state index < -0.39 is 0 Å². The summed E-state index contributed by atoms with van der Waals surface area (Å²) in [4.78, 5) is 0. The second-order valence-electron chi connectivity index (χ2n) is 9.25. The summed E-state index contributed by atoms with van der Waals surface area (Å²) in [7, 11) is 2.14. The molecule has 31 heavy (non-hydrogen) atoms. The average molecular weight is 403 g/mol. The van der Waals surface area contributed by atoms with Gasteiger partial charge in [-0.05, 0) is 54.0 Å². The molecule has 0 unspecified atom stereocenters. The van der Waals surface area contributed by atoms with E-state index in [0.717, 1.165) is 28.3 Å². The molecule has 0 radical (unpaired) electrons. The molecule has 0 atom stereocenters. The molecule has 6 aromatic rings. The van der Waals surface area contributed by atoms with Gasteiger partial charge in [0.2, 0.25) is 5.52 Å². The van der Waals surface area contributed by atoms with Crippen molar-refractivity contribution in [2.45, 2.75) is 27.2 Å². The lowest BCUT2D eigenvalue weighted by Crippen LogP contribution is -2.29. The maximum absolute atomic E-state index is 9.87. The van der Waals surface area contributed by atoms with Crippen molar-refractivity contribution in [1.82, 2.24) is 4.40 Å². The monoisotopic (exact) mass is 402 g/mol. The highest BCUT2D eigenvalue weighted by atomic mass is 15.0. The number of nitriles is 1. The van der Waals surface area contributed by atoms with Crippen molar-refractivity contribution in [3.05, 3.63) is 71.4 Å². The van der Waals surface area contributed by atoms with Crippen molar-refractivity contribution in [2.75, 3.05) is 0 Å². The Kier molecular flexibility index (Phi) is 3.62. The smallest absolute Gasteiger partial charge is 0.224 e. The number of fused-ring (bicyclic) bond motifs is 5. The topological polar surface area (TPSA) is 32.1 Å². The SMILES string of the molecule is Cc1ccc2c3c(C#N)cccc3n3c4cc(CC(C)C)cc5cc[n+](C)c(c1c23)c54. The van der Waals surface area contributed by atoms with Gasteiger partial charge in [-0.25, -0.2) is 4.57 Å². The molecule has 0 aliphatic heterocycles. The number of hydrogen-bond donors (Lipinski definition) is 0. The van der Waals surface area contributed by atoms with Crippen LogP contribution in [0.3, 0.4) is 0 Å². The zero-order chi connectivity index (χ0) is 21.4. The molecular weight excluding hydrogens is 378 g/mol. The fourth-order valence-corrected chi connectivity index (χ4v) is 5.51. The molecule has 6 rings (SSSR count). The van der Waals surface area contributed by atoms with Gasteiger partial charge in [-0.2, -0.15) is 5.26 Å². The lowest BCUT2D eigenvalue weighted by Gasteiger charge is -2.15. The highest BCUT2D eigenvalue weighted by molar-refractivity contribution is 6.26. The highest BCUT2D eigenvalue weighted by Crippen LogP contribution is 2.41. The first kappa shape index (κ1) is 18.2. The van der Waals surface area contributed by atoms with Gasteiger partial charge in [-0.3, -0.25) is 0 Å². The van der Waals surface area contributed by atoms with Crippen molar-refractivity contribution >= 4 is 49.0 Å². The third-order valence-electron chi connectivity index (χ3n) is 6.68. The molecule has 0 aliphatic carbocycles. The molecule has 3 heterocycles. The standard InChI is InChI=1S/C28H24N3/c1-16(2)12-18-13-19-10-11-30(4)28-24-17(3)8-9-21-25-20(15-29)6-5-7-22(25)31(27(21)24)23(14-18)26(19)28/h5-11,13-14,16H,12H2,1-4H3/q+1. The summed E-state index contributed by atoms with van der Waals surface area (Å²) in [6.07, 6.45) is 3.23. The Morgan fingerprint density at radius 2 is 1.84 bits per heavy atom. The zero-order valence-corrected chi connectivity index (χ0v) is 18.3. The molecule has 0 bridgehead atoms. The lowest BCUT2D eigenvalue weighted by atomic mass is 9.95. The third kappa shape index (κ3) is 2.31. The van der Waals surface area contributed by atoms with Crippen molar-refractivity contribution in [1.29, 1.82) is 5.26 Å². The fourth-order valence-electron chi connectivity index (χ4n) is 5.51. The number of nitrogens with zero attached hydrogens (tertiary/aromatic N) is 3. The summed E-state index contributed by atoms with van der Waals surface area (Å²) in [6.45, 7) is 6.74. The van der Waals surface area contributed by atoms with Crippen LogP contribution in [-0.4, -0.2) is 4.40 Å². The summed E-state index contributed by atoms with van der Waals surface area (Å²) < 4.78 is 4.66. The van der Waals surface area contributed by atoms with Crippen LogP contribution in [0.1, 0.15) is 30.5 Å². The maximum atomic E-state index is 9.87. The van der Waals surface area contributed by atoms with Gasteiger partial charge in [0.25, 0.3) is 0 Å². The third-order valence-corrected chi connectivity index (χ3v) is 6.68. The van der Waals surface area contributed by atoms with Crippen LogP contribution in [0.5, 0.6) is 0 Å². The van der Waals surface area contributed by atoms with E-state index in [0.29, 0.717) is 5.92 Å². The Labute approximate surface area is 181 Å². The predicted octanol–water partition coefficient (Wildman–Crippen LogP) is 6.19. The van der Waals surface area contributed by atoms with E-state index in [9.17, 15) is 5.26 Å². The highest BCUT2D eigenvalue weighted by Gasteiger charge is 2.25. The molecule has 0 fully saturated rings. The van der Waals surface area contributed by atoms with Gasteiger partial charge in [0, 0.05) is 16.8 Å². The van der Waals surface area contributed by atoms with Crippen LogP contribution >= 0.6 is 0 Å². The van der Waals surface area contributed by atoms with E-state index in [1.165, 1.54) is 43.8 Å². The number of rotatable bonds is 2. The minimum atomic E-state index is 0.591. The van der Waals surface area contributed by atoms with Gasteiger partial charge >= 0.3 is 0 Å². The van der Waals surface area contributed by atoms with E-state index in [4.69, 9.17) is 0 Å². The molecule has 3 aromatic carbocycles. The molecule has 0 amide bonds. The molecule has 150 valence electrons. The van der Waals surface area contributed by atoms with Gasteiger partial charge in [-0.15, -0.1) is 0 Å². The first-order valence-electron chi connectivity index (χ1n) is 10.9. The van der Waals surface area contributed by atoms with Gasteiger partial charge in [-0.1, -0.05) is 38.1 Å². The Balaban J connectivity index is 2.02. The summed E-state index contributed by atoms with van der Waals surface area (Å²) in [6, 6.07) is 19.9. The van der Waals surface area contributed by atoms with Crippen LogP contribution < -0.4 is 4.57 Å². The van der Waals surface area contributed by atoms with Crippen molar-refractivity contribution in [3.63, 3.8) is 0 Å². The molecule has 3 nitrogen and oxygen atoms in total. The van der Waals surface area contributed by atoms with E-state index in [-0.39, 0.29) is 0 Å². The van der Waals surface area contributed by atoms with Gasteiger partial charge in [0.1, 0.15) is 7.05 Å². The quantitative estimate of drug-likeness (QED) is 0.193. The summed E-state index contributed by atoms with van der Waals surface area (Å²) in [5.41, 5.74) is 8.18. The van der Waals surface area contributed by atoms with Crippen LogP contribution in [0.25, 0.3) is 49.0 Å². The molecule has 0 aliphatic rings. The Morgan fingerprint density at radius 1 is 1.00 bits per heavy atom. The van der Waals surface area contributed by atoms with E-state index in [1.807, 2.05) is 12.1 Å². The van der Waals surface area contributed by atoms with Gasteiger partial charge < -0.3 is 4.40 Å². The normalized spacial score (nSPS) is 12.3. The summed E-state index contributed by atoms with van der Waals surface area (Å²) >= 11 is 0. The summed E-state index contributed by atoms with van der Waals surface area (Å²) in [5.74, 6) is 0.591. The Hall–Kier alpha value is -3.64. The predicted molar refractivity (Wildman–Crippen MR) is 128 cm³/mol. The minimum absolute atomic E-state index is 0.591. The first-order valence-corrected chi connectivity index (χ1v) is 10.9. The zero-order valence-electron chi connectivity index (χ0n) is 18.3. The van der Waals surface area contributed by atoms with Gasteiger partial charge in [0.15, 0.2) is 6.20 Å². The second kappa shape index (κ2) is 6.18. The molecule has 0 N–H and O–H groups in total. The van der Waals surface area contributed by atoms with Crippen molar-refractivity contribution in [2.24, 2.45) is 13.0 Å². The number of aromatic nitrogens is 2. The van der Waals surface area contributed by atoms with E-state index in [2.05, 4.69) is 85.5 Å². The number of pyridine rings is 2. The average Bonchev–Trinajstić information content (AvgIpc) is 3.09. The van der Waals surface area contributed by atoms with Crippen LogP contribution in [0, 0.1) is 24.2 Å². The molecule has 0 saturated heterocycles. The first-order chi connectivity index (χ1) is 15.0. The molecule has 0 saturated carbocycles. The lowest BCUT2D eigenvalue weighted by molar-refractivity contribution is -0.643. The molecule has 0 spiro atoms. The van der Waals surface area contributed by atoms with E-state index >= 15 is 0 Å². The Bertz CT molecular complexity index is 1710. The summed E-state index contributed by atoms with van der Waals surface area (Å²) in [5, 5.41) is 15.9. The van der Waals surface area contributed by atoms with Gasteiger partial charge in [0.05, 0.1) is 39.0 Å². The van der Waals surface area contributed by atoms with Crippen LogP contribution in [0.15, 0.2) is 54.7 Å². The minimum Gasteiger partial charge on any atom is -0.307 e. The number of hydrogen-bond acceptors (Lipinski definition) is 1.